The molecule has 0 fully saturated rings. The third kappa shape index (κ3) is 3.75. The summed E-state index contributed by atoms with van der Waals surface area (Å²) in [7, 11) is 0. The van der Waals surface area contributed by atoms with E-state index < -0.39 is 5.60 Å². The van der Waals surface area contributed by atoms with Gasteiger partial charge in [0.1, 0.15) is 5.82 Å². The summed E-state index contributed by atoms with van der Waals surface area (Å²) in [5.74, 6) is 0.633. The Balaban J connectivity index is 2.53. The third-order valence-corrected chi connectivity index (χ3v) is 2.26. The summed E-state index contributed by atoms with van der Waals surface area (Å²) >= 11 is 0. The fourth-order valence-electron chi connectivity index (χ4n) is 1.47. The lowest BCUT2D eigenvalue weighted by Crippen LogP contribution is -2.33. The molecule has 1 aromatic heterocycles. The SMILES string of the molecule is CCCC(C)(O)CNc1ncccc1N. The van der Waals surface area contributed by atoms with Gasteiger partial charge in [-0.05, 0) is 25.5 Å². The Hall–Kier alpha value is -1.29. The summed E-state index contributed by atoms with van der Waals surface area (Å²) in [6.07, 6.45) is 3.38. The van der Waals surface area contributed by atoms with Crippen LogP contribution < -0.4 is 11.1 Å². The Morgan fingerprint density at radius 2 is 2.33 bits per heavy atom. The molecule has 84 valence electrons. The summed E-state index contributed by atoms with van der Waals surface area (Å²) in [5.41, 5.74) is 5.61. The number of pyridine rings is 1. The minimum Gasteiger partial charge on any atom is -0.396 e. The van der Waals surface area contributed by atoms with Gasteiger partial charge in [-0.1, -0.05) is 13.3 Å². The molecule has 0 saturated heterocycles. The zero-order chi connectivity index (χ0) is 11.3. The normalized spacial score (nSPS) is 14.6. The van der Waals surface area contributed by atoms with Crippen LogP contribution in [0.25, 0.3) is 0 Å². The summed E-state index contributed by atoms with van der Waals surface area (Å²) in [6, 6.07) is 3.56. The Labute approximate surface area is 90.5 Å². The molecule has 0 amide bonds. The van der Waals surface area contributed by atoms with Crippen LogP contribution in [0.1, 0.15) is 26.7 Å². The van der Waals surface area contributed by atoms with E-state index in [1.807, 2.05) is 13.8 Å². The van der Waals surface area contributed by atoms with Crippen LogP contribution in [0.5, 0.6) is 0 Å². The van der Waals surface area contributed by atoms with Gasteiger partial charge in [0, 0.05) is 12.7 Å². The molecule has 4 N–H and O–H groups in total. The van der Waals surface area contributed by atoms with E-state index >= 15 is 0 Å². The molecule has 0 aliphatic carbocycles. The van der Waals surface area contributed by atoms with E-state index in [0.717, 1.165) is 12.8 Å². The van der Waals surface area contributed by atoms with Crippen LogP contribution in [-0.4, -0.2) is 22.2 Å². The number of nitrogens with zero attached hydrogens (tertiary/aromatic N) is 1. The van der Waals surface area contributed by atoms with Crippen molar-refractivity contribution in [3.63, 3.8) is 0 Å². The maximum atomic E-state index is 9.94. The van der Waals surface area contributed by atoms with Gasteiger partial charge in [-0.15, -0.1) is 0 Å². The Bertz CT molecular complexity index is 312. The molecule has 1 unspecified atom stereocenters. The highest BCUT2D eigenvalue weighted by atomic mass is 16.3. The summed E-state index contributed by atoms with van der Waals surface area (Å²) in [4.78, 5) is 4.09. The summed E-state index contributed by atoms with van der Waals surface area (Å²) in [6.45, 7) is 4.31. The molecule has 1 heterocycles. The number of hydrogen-bond donors (Lipinski definition) is 3. The fraction of sp³-hybridized carbons (Fsp3) is 0.545. The van der Waals surface area contributed by atoms with E-state index in [2.05, 4.69) is 10.3 Å². The van der Waals surface area contributed by atoms with Gasteiger partial charge in [-0.2, -0.15) is 0 Å². The third-order valence-electron chi connectivity index (χ3n) is 2.26. The zero-order valence-corrected chi connectivity index (χ0v) is 9.33. The average molecular weight is 209 g/mol. The second-order valence-electron chi connectivity index (χ2n) is 4.04. The number of nitrogen functional groups attached to an aromatic ring is 1. The first-order valence-electron chi connectivity index (χ1n) is 5.22. The van der Waals surface area contributed by atoms with Crippen molar-refractivity contribution in [3.8, 4) is 0 Å². The first-order chi connectivity index (χ1) is 7.05. The van der Waals surface area contributed by atoms with Crippen molar-refractivity contribution >= 4 is 11.5 Å². The van der Waals surface area contributed by atoms with E-state index in [4.69, 9.17) is 5.73 Å². The van der Waals surface area contributed by atoms with Gasteiger partial charge < -0.3 is 16.2 Å². The minimum absolute atomic E-state index is 0.460. The Morgan fingerprint density at radius 1 is 1.60 bits per heavy atom. The predicted octanol–water partition coefficient (Wildman–Crippen LogP) is 1.63. The molecule has 0 radical (unpaired) electrons. The van der Waals surface area contributed by atoms with E-state index in [9.17, 15) is 5.11 Å². The molecule has 0 saturated carbocycles. The number of aliphatic hydroxyl groups is 1. The van der Waals surface area contributed by atoms with Crippen molar-refractivity contribution in [2.45, 2.75) is 32.3 Å². The Kier molecular flexibility index (Phi) is 3.91. The highest BCUT2D eigenvalue weighted by Crippen LogP contribution is 2.16. The standard InChI is InChI=1S/C11H19N3O/c1-3-6-11(2,15)8-14-10-9(12)5-4-7-13-10/h4-5,7,15H,3,6,8,12H2,1-2H3,(H,13,14). The van der Waals surface area contributed by atoms with Crippen molar-refractivity contribution < 1.29 is 5.11 Å². The quantitative estimate of drug-likeness (QED) is 0.689. The number of hydrogen-bond acceptors (Lipinski definition) is 4. The molecule has 0 aromatic carbocycles. The van der Waals surface area contributed by atoms with Gasteiger partial charge in [-0.25, -0.2) is 4.98 Å². The van der Waals surface area contributed by atoms with Gasteiger partial charge in [0.25, 0.3) is 0 Å². The highest BCUT2D eigenvalue weighted by molar-refractivity contribution is 5.60. The van der Waals surface area contributed by atoms with Crippen LogP contribution in [0, 0.1) is 0 Å². The molecule has 15 heavy (non-hydrogen) atoms. The molecule has 4 heteroatoms. The topological polar surface area (TPSA) is 71.2 Å². The van der Waals surface area contributed by atoms with Crippen LogP contribution in [0.4, 0.5) is 11.5 Å². The fourth-order valence-corrected chi connectivity index (χ4v) is 1.47. The number of aromatic nitrogens is 1. The van der Waals surface area contributed by atoms with E-state index in [1.165, 1.54) is 0 Å². The second kappa shape index (κ2) is 4.98. The van der Waals surface area contributed by atoms with Crippen LogP contribution in [0.15, 0.2) is 18.3 Å². The molecule has 0 aliphatic rings. The molecule has 0 spiro atoms. The number of nitrogens with one attached hydrogen (secondary N) is 1. The molecule has 4 nitrogen and oxygen atoms in total. The lowest BCUT2D eigenvalue weighted by Gasteiger charge is -2.23. The maximum Gasteiger partial charge on any atom is 0.149 e. The predicted molar refractivity (Wildman–Crippen MR) is 62.7 cm³/mol. The monoisotopic (exact) mass is 209 g/mol. The molecule has 0 aliphatic heterocycles. The maximum absolute atomic E-state index is 9.94. The van der Waals surface area contributed by atoms with Gasteiger partial charge in [0.05, 0.1) is 11.3 Å². The van der Waals surface area contributed by atoms with E-state index in [-0.39, 0.29) is 0 Å². The lowest BCUT2D eigenvalue weighted by atomic mass is 10.0. The van der Waals surface area contributed by atoms with Crippen LogP contribution in [-0.2, 0) is 0 Å². The van der Waals surface area contributed by atoms with E-state index in [0.29, 0.717) is 18.1 Å². The van der Waals surface area contributed by atoms with Crippen LogP contribution in [0.2, 0.25) is 0 Å². The van der Waals surface area contributed by atoms with Gasteiger partial charge in [-0.3, -0.25) is 0 Å². The van der Waals surface area contributed by atoms with Crippen molar-refractivity contribution in [2.24, 2.45) is 0 Å². The number of anilines is 2. The van der Waals surface area contributed by atoms with Gasteiger partial charge in [0.2, 0.25) is 0 Å². The largest absolute Gasteiger partial charge is 0.396 e. The van der Waals surface area contributed by atoms with E-state index in [1.54, 1.807) is 18.3 Å². The molecular formula is C11H19N3O. The second-order valence-corrected chi connectivity index (χ2v) is 4.04. The first-order valence-corrected chi connectivity index (χ1v) is 5.22. The molecule has 1 atom stereocenters. The molecular weight excluding hydrogens is 190 g/mol. The molecule has 0 bridgehead atoms. The van der Waals surface area contributed by atoms with Crippen molar-refractivity contribution in [3.05, 3.63) is 18.3 Å². The van der Waals surface area contributed by atoms with Gasteiger partial charge >= 0.3 is 0 Å². The minimum atomic E-state index is -0.710. The summed E-state index contributed by atoms with van der Waals surface area (Å²) in [5, 5.41) is 13.0. The molecule has 1 aromatic rings. The number of rotatable bonds is 5. The van der Waals surface area contributed by atoms with Crippen molar-refractivity contribution in [2.75, 3.05) is 17.6 Å². The average Bonchev–Trinajstić information content (AvgIpc) is 2.16. The number of nitrogens with two attached hydrogens (primary N) is 1. The Morgan fingerprint density at radius 3 is 2.93 bits per heavy atom. The van der Waals surface area contributed by atoms with Gasteiger partial charge in [0.15, 0.2) is 0 Å². The highest BCUT2D eigenvalue weighted by Gasteiger charge is 2.18. The summed E-state index contributed by atoms with van der Waals surface area (Å²) < 4.78 is 0. The van der Waals surface area contributed by atoms with Crippen LogP contribution >= 0.6 is 0 Å². The van der Waals surface area contributed by atoms with Crippen molar-refractivity contribution in [1.29, 1.82) is 0 Å². The first kappa shape index (κ1) is 11.8. The lowest BCUT2D eigenvalue weighted by molar-refractivity contribution is 0.0636. The smallest absolute Gasteiger partial charge is 0.149 e. The van der Waals surface area contributed by atoms with Crippen molar-refractivity contribution in [1.82, 2.24) is 4.98 Å². The van der Waals surface area contributed by atoms with Crippen LogP contribution in [0.3, 0.4) is 0 Å². The zero-order valence-electron chi connectivity index (χ0n) is 9.33. The molecule has 1 rings (SSSR count).